The number of carbonyl (C=O) groups is 1. The van der Waals surface area contributed by atoms with E-state index in [0.717, 1.165) is 14.9 Å². The molecule has 80 valence electrons. The van der Waals surface area contributed by atoms with Crippen LogP contribution < -0.4 is 0 Å². The summed E-state index contributed by atoms with van der Waals surface area (Å²) in [7, 11) is 0. The van der Waals surface area contributed by atoms with Gasteiger partial charge in [-0.15, -0.1) is 11.8 Å². The molecule has 0 saturated carbocycles. The van der Waals surface area contributed by atoms with Gasteiger partial charge in [0, 0.05) is 21.2 Å². The van der Waals surface area contributed by atoms with Gasteiger partial charge in [0.15, 0.2) is 0 Å². The van der Waals surface area contributed by atoms with Gasteiger partial charge in [0.1, 0.15) is 0 Å². The van der Waals surface area contributed by atoms with Crippen LogP contribution in [0.15, 0.2) is 45.3 Å². The van der Waals surface area contributed by atoms with Gasteiger partial charge < -0.3 is 5.11 Å². The Morgan fingerprint density at radius 3 is 2.80 bits per heavy atom. The molecule has 0 aromatic heterocycles. The minimum Gasteiger partial charge on any atom is -0.478 e. The molecule has 0 bridgehead atoms. The van der Waals surface area contributed by atoms with Crippen LogP contribution in [0.3, 0.4) is 0 Å². The molecule has 0 unspecified atom stereocenters. The van der Waals surface area contributed by atoms with E-state index in [1.54, 1.807) is 11.8 Å². The first-order chi connectivity index (χ1) is 7.09. The fourth-order valence-electron chi connectivity index (χ4n) is 1.01. The van der Waals surface area contributed by atoms with Gasteiger partial charge in [0.05, 0.1) is 0 Å². The maximum Gasteiger partial charge on any atom is 0.328 e. The molecule has 0 saturated heterocycles. The van der Waals surface area contributed by atoms with Crippen molar-refractivity contribution in [3.05, 3.63) is 40.4 Å². The zero-order valence-electron chi connectivity index (χ0n) is 8.24. The number of halogens is 1. The van der Waals surface area contributed by atoms with E-state index >= 15 is 0 Å². The lowest BCUT2D eigenvalue weighted by Gasteiger charge is -2.03. The Bertz CT molecular complexity index is 388. The molecule has 2 nitrogen and oxygen atoms in total. The molecule has 1 N–H and O–H groups in total. The van der Waals surface area contributed by atoms with Crippen molar-refractivity contribution < 1.29 is 9.90 Å². The van der Waals surface area contributed by atoms with Crippen molar-refractivity contribution in [1.82, 2.24) is 0 Å². The molecule has 0 radical (unpaired) electrons. The van der Waals surface area contributed by atoms with Crippen LogP contribution in [0.25, 0.3) is 0 Å². The second-order valence-electron chi connectivity index (χ2n) is 3.05. The molecular formula is C11H11BrO2S. The molecular weight excluding hydrogens is 276 g/mol. The quantitative estimate of drug-likeness (QED) is 0.679. The summed E-state index contributed by atoms with van der Waals surface area (Å²) in [6.45, 7) is 1.82. The summed E-state index contributed by atoms with van der Waals surface area (Å²) < 4.78 is 1.04. The predicted molar refractivity (Wildman–Crippen MR) is 66.3 cm³/mol. The maximum atomic E-state index is 10.4. The van der Waals surface area contributed by atoms with Crippen LogP contribution in [-0.2, 0) is 4.79 Å². The minimum atomic E-state index is -0.889. The summed E-state index contributed by atoms with van der Waals surface area (Å²) in [6.07, 6.45) is 1.24. The largest absolute Gasteiger partial charge is 0.478 e. The highest BCUT2D eigenvalue weighted by molar-refractivity contribution is 9.10. The first-order valence-corrected chi connectivity index (χ1v) is 6.15. The standard InChI is InChI=1S/C11H11BrO2S/c1-8(6-11(13)14)7-15-10-5-3-2-4-9(10)12/h2-6H,7H2,1H3,(H,13,14). The van der Waals surface area contributed by atoms with Gasteiger partial charge in [-0.05, 0) is 35.0 Å². The Morgan fingerprint density at radius 2 is 2.20 bits per heavy atom. The summed E-state index contributed by atoms with van der Waals surface area (Å²) in [5.74, 6) is -0.199. The Hall–Kier alpha value is -0.740. The number of hydrogen-bond acceptors (Lipinski definition) is 2. The SMILES string of the molecule is CC(=CC(=O)O)CSc1ccccc1Br. The van der Waals surface area contributed by atoms with Gasteiger partial charge in [0.25, 0.3) is 0 Å². The molecule has 1 aromatic rings. The summed E-state index contributed by atoms with van der Waals surface area (Å²) in [6, 6.07) is 7.89. The van der Waals surface area contributed by atoms with Gasteiger partial charge in [-0.2, -0.15) is 0 Å². The highest BCUT2D eigenvalue weighted by Crippen LogP contribution is 2.28. The number of carboxylic acid groups (broad SMARTS) is 1. The number of hydrogen-bond donors (Lipinski definition) is 1. The molecule has 0 atom stereocenters. The zero-order chi connectivity index (χ0) is 11.3. The van der Waals surface area contributed by atoms with E-state index in [0.29, 0.717) is 5.75 Å². The van der Waals surface area contributed by atoms with Crippen molar-refractivity contribution in [2.45, 2.75) is 11.8 Å². The van der Waals surface area contributed by atoms with E-state index in [-0.39, 0.29) is 0 Å². The molecule has 0 amide bonds. The fraction of sp³-hybridized carbons (Fsp3) is 0.182. The normalized spacial score (nSPS) is 11.5. The molecule has 0 heterocycles. The molecule has 1 aromatic carbocycles. The third-order valence-corrected chi connectivity index (χ3v) is 3.88. The van der Waals surface area contributed by atoms with Gasteiger partial charge in [-0.3, -0.25) is 0 Å². The van der Waals surface area contributed by atoms with Crippen molar-refractivity contribution in [3.8, 4) is 0 Å². The fourth-order valence-corrected chi connectivity index (χ4v) is 2.48. The van der Waals surface area contributed by atoms with E-state index < -0.39 is 5.97 Å². The van der Waals surface area contributed by atoms with Gasteiger partial charge in [-0.1, -0.05) is 17.7 Å². The molecule has 4 heteroatoms. The number of thioether (sulfide) groups is 1. The summed E-state index contributed by atoms with van der Waals surface area (Å²) in [5.41, 5.74) is 0.850. The van der Waals surface area contributed by atoms with E-state index in [1.807, 2.05) is 31.2 Å². The average Bonchev–Trinajstić information content (AvgIpc) is 2.15. The van der Waals surface area contributed by atoms with Crippen LogP contribution in [0, 0.1) is 0 Å². The number of rotatable bonds is 4. The smallest absolute Gasteiger partial charge is 0.328 e. The topological polar surface area (TPSA) is 37.3 Å². The van der Waals surface area contributed by atoms with E-state index in [9.17, 15) is 4.79 Å². The lowest BCUT2D eigenvalue weighted by molar-refractivity contribution is -0.131. The summed E-state index contributed by atoms with van der Waals surface area (Å²) in [4.78, 5) is 11.5. The molecule has 0 fully saturated rings. The van der Waals surface area contributed by atoms with Gasteiger partial charge in [-0.25, -0.2) is 4.79 Å². The molecule has 0 aliphatic carbocycles. The third-order valence-electron chi connectivity index (χ3n) is 1.66. The Balaban J connectivity index is 2.58. The van der Waals surface area contributed by atoms with E-state index in [2.05, 4.69) is 15.9 Å². The second kappa shape index (κ2) is 5.98. The van der Waals surface area contributed by atoms with Crippen molar-refractivity contribution in [1.29, 1.82) is 0 Å². The lowest BCUT2D eigenvalue weighted by atomic mass is 10.3. The first kappa shape index (κ1) is 12.3. The number of aliphatic carboxylic acids is 1. The first-order valence-electron chi connectivity index (χ1n) is 4.37. The highest BCUT2D eigenvalue weighted by atomic mass is 79.9. The number of carboxylic acids is 1. The van der Waals surface area contributed by atoms with Crippen LogP contribution in [0.2, 0.25) is 0 Å². The predicted octanol–water partition coefficient (Wildman–Crippen LogP) is 3.57. The van der Waals surface area contributed by atoms with Crippen LogP contribution in [0.1, 0.15) is 6.92 Å². The minimum absolute atomic E-state index is 0.689. The van der Waals surface area contributed by atoms with Crippen molar-refractivity contribution in [2.75, 3.05) is 5.75 Å². The van der Waals surface area contributed by atoms with Gasteiger partial charge >= 0.3 is 5.97 Å². The van der Waals surface area contributed by atoms with Gasteiger partial charge in [0.2, 0.25) is 0 Å². The highest BCUT2D eigenvalue weighted by Gasteiger charge is 2.00. The number of benzene rings is 1. The van der Waals surface area contributed by atoms with Crippen LogP contribution in [-0.4, -0.2) is 16.8 Å². The monoisotopic (exact) mass is 286 g/mol. The van der Waals surface area contributed by atoms with Crippen LogP contribution in [0.5, 0.6) is 0 Å². The Labute approximate surface area is 102 Å². The van der Waals surface area contributed by atoms with E-state index in [4.69, 9.17) is 5.11 Å². The molecule has 15 heavy (non-hydrogen) atoms. The molecule has 1 rings (SSSR count). The zero-order valence-corrected chi connectivity index (χ0v) is 10.6. The van der Waals surface area contributed by atoms with E-state index in [1.165, 1.54) is 6.08 Å². The van der Waals surface area contributed by atoms with Crippen LogP contribution in [0.4, 0.5) is 0 Å². The van der Waals surface area contributed by atoms with Crippen molar-refractivity contribution >= 4 is 33.7 Å². The third kappa shape index (κ3) is 4.53. The summed E-state index contributed by atoms with van der Waals surface area (Å²) in [5, 5.41) is 8.54. The summed E-state index contributed by atoms with van der Waals surface area (Å²) >= 11 is 5.06. The molecule has 0 aliphatic rings. The van der Waals surface area contributed by atoms with Crippen molar-refractivity contribution in [2.24, 2.45) is 0 Å². The average molecular weight is 287 g/mol. The molecule has 0 spiro atoms. The van der Waals surface area contributed by atoms with Crippen LogP contribution >= 0.6 is 27.7 Å². The maximum absolute atomic E-state index is 10.4. The van der Waals surface area contributed by atoms with Crippen molar-refractivity contribution in [3.63, 3.8) is 0 Å². The molecule has 0 aliphatic heterocycles. The Morgan fingerprint density at radius 1 is 1.53 bits per heavy atom. The lowest BCUT2D eigenvalue weighted by Crippen LogP contribution is -1.91. The Kier molecular flexibility index (Phi) is 4.91. The second-order valence-corrected chi connectivity index (χ2v) is 4.92.